The zero-order chi connectivity index (χ0) is 22.8. The number of phenolic OH excluding ortho intramolecular Hbond substituents is 1. The highest BCUT2D eigenvalue weighted by molar-refractivity contribution is 5.84. The predicted octanol–water partition coefficient (Wildman–Crippen LogP) is 3.57. The number of unbranched alkanes of at least 4 members (excludes halogenated alkanes) is 1. The van der Waals surface area contributed by atoms with Gasteiger partial charge in [0, 0.05) is 31.1 Å². The molecule has 31 heavy (non-hydrogen) atoms. The molecule has 170 valence electrons. The Morgan fingerprint density at radius 1 is 1.29 bits per heavy atom. The van der Waals surface area contributed by atoms with Gasteiger partial charge in [-0.25, -0.2) is 0 Å². The Morgan fingerprint density at radius 3 is 2.77 bits per heavy atom. The first-order valence-corrected chi connectivity index (χ1v) is 11.1. The molecule has 1 saturated carbocycles. The van der Waals surface area contributed by atoms with Crippen molar-refractivity contribution in [1.29, 1.82) is 0 Å². The number of allylic oxidation sites excluding steroid dienone is 2. The van der Waals surface area contributed by atoms with Crippen LogP contribution in [0.4, 0.5) is 0 Å². The number of carbonyl (C=O) groups is 2. The molecule has 0 radical (unpaired) electrons. The molecule has 0 bridgehead atoms. The van der Waals surface area contributed by atoms with Crippen LogP contribution < -0.4 is 0 Å². The van der Waals surface area contributed by atoms with E-state index in [0.717, 1.165) is 24.0 Å². The monoisotopic (exact) mass is 430 g/mol. The third-order valence-electron chi connectivity index (χ3n) is 5.71. The number of ketones is 1. The summed E-state index contributed by atoms with van der Waals surface area (Å²) in [6.07, 6.45) is 9.64. The van der Waals surface area contributed by atoms with E-state index in [1.54, 1.807) is 24.3 Å². The number of carboxylic acids is 1. The minimum Gasteiger partial charge on any atom is -0.508 e. The van der Waals surface area contributed by atoms with Crippen molar-refractivity contribution in [2.24, 2.45) is 11.8 Å². The highest BCUT2D eigenvalue weighted by Gasteiger charge is 2.39. The van der Waals surface area contributed by atoms with E-state index >= 15 is 0 Å². The number of benzene rings is 1. The summed E-state index contributed by atoms with van der Waals surface area (Å²) >= 11 is 0. The minimum absolute atomic E-state index is 0.00886. The van der Waals surface area contributed by atoms with Gasteiger partial charge in [-0.3, -0.25) is 9.59 Å². The predicted molar refractivity (Wildman–Crippen MR) is 119 cm³/mol. The molecule has 0 heterocycles. The Balaban J connectivity index is 1.93. The molecule has 4 N–H and O–H groups in total. The van der Waals surface area contributed by atoms with Gasteiger partial charge in [0.1, 0.15) is 11.5 Å². The summed E-state index contributed by atoms with van der Waals surface area (Å²) in [7, 11) is 0. The molecule has 6 nitrogen and oxygen atoms in total. The summed E-state index contributed by atoms with van der Waals surface area (Å²) in [5, 5.41) is 39.3. The van der Waals surface area contributed by atoms with Crippen LogP contribution in [0.1, 0.15) is 56.6 Å². The highest BCUT2D eigenvalue weighted by Crippen LogP contribution is 2.33. The van der Waals surface area contributed by atoms with E-state index in [2.05, 4.69) is 0 Å². The Morgan fingerprint density at radius 2 is 2.06 bits per heavy atom. The van der Waals surface area contributed by atoms with E-state index in [4.69, 9.17) is 5.11 Å². The molecule has 0 aliphatic heterocycles. The lowest BCUT2D eigenvalue weighted by Crippen LogP contribution is -2.19. The lowest BCUT2D eigenvalue weighted by Gasteiger charge is -2.17. The van der Waals surface area contributed by atoms with Crippen molar-refractivity contribution < 1.29 is 30.0 Å². The first kappa shape index (κ1) is 24.8. The largest absolute Gasteiger partial charge is 0.508 e. The number of hydrogen-bond donors (Lipinski definition) is 4. The summed E-state index contributed by atoms with van der Waals surface area (Å²) in [5.74, 6) is -1.22. The molecule has 4 atom stereocenters. The van der Waals surface area contributed by atoms with Crippen molar-refractivity contribution in [3.8, 4) is 5.75 Å². The van der Waals surface area contributed by atoms with Crippen molar-refractivity contribution >= 4 is 11.8 Å². The molecule has 1 aromatic carbocycles. The average molecular weight is 431 g/mol. The van der Waals surface area contributed by atoms with Crippen molar-refractivity contribution in [2.45, 2.75) is 70.5 Å². The van der Waals surface area contributed by atoms with Crippen LogP contribution in [0.25, 0.3) is 0 Å². The fraction of sp³-hybridized carbons (Fsp3) is 0.520. The van der Waals surface area contributed by atoms with E-state index in [0.29, 0.717) is 25.7 Å². The maximum Gasteiger partial charge on any atom is 0.303 e. The molecular weight excluding hydrogens is 396 g/mol. The lowest BCUT2D eigenvalue weighted by atomic mass is 9.90. The van der Waals surface area contributed by atoms with E-state index in [1.807, 2.05) is 25.1 Å². The third-order valence-corrected chi connectivity index (χ3v) is 5.71. The smallest absolute Gasteiger partial charge is 0.303 e. The molecule has 1 aliphatic rings. The molecule has 0 spiro atoms. The van der Waals surface area contributed by atoms with Crippen LogP contribution in [0, 0.1) is 11.8 Å². The molecule has 1 fully saturated rings. The fourth-order valence-corrected chi connectivity index (χ4v) is 4.06. The fourth-order valence-electron chi connectivity index (χ4n) is 4.06. The van der Waals surface area contributed by atoms with Gasteiger partial charge in [0.05, 0.1) is 12.2 Å². The number of Topliss-reactive ketones (excluding diaryl/α,β-unsaturated/α-hetero) is 1. The first-order chi connectivity index (χ1) is 14.8. The maximum atomic E-state index is 12.3. The van der Waals surface area contributed by atoms with Gasteiger partial charge in [0.15, 0.2) is 0 Å². The van der Waals surface area contributed by atoms with Gasteiger partial charge in [-0.05, 0) is 42.9 Å². The molecule has 0 aromatic heterocycles. The lowest BCUT2D eigenvalue weighted by molar-refractivity contribution is -0.137. The summed E-state index contributed by atoms with van der Waals surface area (Å²) < 4.78 is 0. The number of aliphatic hydroxyl groups excluding tert-OH is 2. The van der Waals surface area contributed by atoms with E-state index in [-0.39, 0.29) is 36.2 Å². The number of aliphatic carboxylic acids is 1. The normalized spacial score (nSPS) is 22.5. The van der Waals surface area contributed by atoms with Crippen LogP contribution in [-0.4, -0.2) is 44.4 Å². The second-order valence-electron chi connectivity index (χ2n) is 8.28. The highest BCUT2D eigenvalue weighted by atomic mass is 16.4. The molecule has 6 heteroatoms. The zero-order valence-corrected chi connectivity index (χ0v) is 18.1. The number of rotatable bonds is 12. The Hall–Kier alpha value is -2.44. The second-order valence-corrected chi connectivity index (χ2v) is 8.28. The number of carboxylic acid groups (broad SMARTS) is 1. The van der Waals surface area contributed by atoms with Crippen LogP contribution in [-0.2, 0) is 22.4 Å². The molecule has 0 saturated heterocycles. The Labute approximate surface area is 183 Å². The molecule has 0 amide bonds. The first-order valence-electron chi connectivity index (χ1n) is 11.1. The molecule has 0 unspecified atom stereocenters. The number of phenols is 1. The molecule has 2 rings (SSSR count). The second kappa shape index (κ2) is 12.4. The van der Waals surface area contributed by atoms with Gasteiger partial charge in [0.25, 0.3) is 0 Å². The molecule has 1 aromatic rings. The van der Waals surface area contributed by atoms with Gasteiger partial charge >= 0.3 is 5.97 Å². The Kier molecular flexibility index (Phi) is 9.95. The summed E-state index contributed by atoms with van der Waals surface area (Å²) in [6, 6.07) is 5.34. The maximum absolute atomic E-state index is 12.3. The van der Waals surface area contributed by atoms with Crippen molar-refractivity contribution in [2.75, 3.05) is 0 Å². The number of hydrogen-bond acceptors (Lipinski definition) is 5. The third kappa shape index (κ3) is 7.96. The van der Waals surface area contributed by atoms with Crippen LogP contribution in [0.15, 0.2) is 42.5 Å². The SMILES string of the molecule is CCCc1cc(C[C@@H](O)/C=C/[C@H]2[C@H](O)CC(=O)[C@@H]2C/C=C\CCCC(=O)O)ccc1O. The van der Waals surface area contributed by atoms with Crippen molar-refractivity contribution in [3.63, 3.8) is 0 Å². The van der Waals surface area contributed by atoms with Gasteiger partial charge in [-0.1, -0.05) is 49.8 Å². The van der Waals surface area contributed by atoms with Gasteiger partial charge in [-0.15, -0.1) is 0 Å². The van der Waals surface area contributed by atoms with Crippen LogP contribution in [0.3, 0.4) is 0 Å². The minimum atomic E-state index is -0.819. The van der Waals surface area contributed by atoms with Gasteiger partial charge in [-0.2, -0.15) is 0 Å². The van der Waals surface area contributed by atoms with E-state index < -0.39 is 18.2 Å². The number of carbonyl (C=O) groups excluding carboxylic acids is 1. The van der Waals surface area contributed by atoms with E-state index in [9.17, 15) is 24.9 Å². The van der Waals surface area contributed by atoms with Gasteiger partial charge < -0.3 is 20.4 Å². The number of aliphatic hydroxyl groups is 2. The summed E-state index contributed by atoms with van der Waals surface area (Å²) in [4.78, 5) is 22.8. The van der Waals surface area contributed by atoms with Gasteiger partial charge in [0.2, 0.25) is 0 Å². The topological polar surface area (TPSA) is 115 Å². The average Bonchev–Trinajstić information content (AvgIpc) is 2.98. The van der Waals surface area contributed by atoms with Crippen molar-refractivity contribution in [1.82, 2.24) is 0 Å². The van der Waals surface area contributed by atoms with E-state index in [1.165, 1.54) is 0 Å². The zero-order valence-electron chi connectivity index (χ0n) is 18.1. The van der Waals surface area contributed by atoms with Crippen LogP contribution in [0.5, 0.6) is 5.75 Å². The quantitative estimate of drug-likeness (QED) is 0.298. The summed E-state index contributed by atoms with van der Waals surface area (Å²) in [5.41, 5.74) is 1.78. The van der Waals surface area contributed by atoms with Crippen LogP contribution >= 0.6 is 0 Å². The summed E-state index contributed by atoms with van der Waals surface area (Å²) in [6.45, 7) is 2.04. The number of aryl methyl sites for hydroxylation is 1. The standard InChI is InChI=1S/C25H34O6/c1-2-7-18-14-17(10-13-22(18)27)15-19(26)11-12-21-20(23(28)16-24(21)29)8-5-3-4-6-9-25(30)31/h3,5,10-14,19-21,24,26-27,29H,2,4,6-9,15-16H2,1H3,(H,30,31)/b5-3-,12-11+/t19-,20+,21+,24+/m0/s1. The van der Waals surface area contributed by atoms with Crippen LogP contribution in [0.2, 0.25) is 0 Å². The molecule has 1 aliphatic carbocycles. The molecular formula is C25H34O6. The Bertz CT molecular complexity index is 797. The van der Waals surface area contributed by atoms with Crippen molar-refractivity contribution in [3.05, 3.63) is 53.6 Å². The number of aromatic hydroxyl groups is 1.